The highest BCUT2D eigenvalue weighted by Gasteiger charge is 2.17. The lowest BCUT2D eigenvalue weighted by molar-refractivity contribution is 1.28. The predicted molar refractivity (Wildman–Crippen MR) is 286 cm³/mol. The van der Waals surface area contributed by atoms with Crippen molar-refractivity contribution in [3.63, 3.8) is 0 Å². The fourth-order valence-corrected chi connectivity index (χ4v) is 9.60. The van der Waals surface area contributed by atoms with Crippen LogP contribution in [-0.4, -0.2) is 0 Å². The smallest absolute Gasteiger partial charge is 0.0645 e. The molecule has 0 bridgehead atoms. The van der Waals surface area contributed by atoms with Gasteiger partial charge in [0.2, 0.25) is 0 Å². The molecule has 0 aliphatic heterocycles. The molecule has 0 atom stereocenters. The molecule has 67 heavy (non-hydrogen) atoms. The quantitative estimate of drug-likeness (QED) is 0.140. The molecule has 314 valence electrons. The van der Waals surface area contributed by atoms with Gasteiger partial charge in [-0.3, -0.25) is 0 Å². The Morgan fingerprint density at radius 1 is 0.224 bits per heavy atom. The van der Waals surface area contributed by atoms with Gasteiger partial charge in [0.1, 0.15) is 0 Å². The van der Waals surface area contributed by atoms with Crippen LogP contribution in [0.2, 0.25) is 0 Å². The van der Waals surface area contributed by atoms with Gasteiger partial charge in [0.25, 0.3) is 0 Å². The van der Waals surface area contributed by atoms with Crippen LogP contribution in [0.15, 0.2) is 273 Å². The summed E-state index contributed by atoms with van der Waals surface area (Å²) in [4.78, 5) is 1.86. The van der Waals surface area contributed by atoms with Gasteiger partial charge in [-0.1, -0.05) is 237 Å². The lowest BCUT2D eigenvalue weighted by Crippen LogP contribution is -2.09. The third-order valence-electron chi connectivity index (χ3n) is 13.0. The fourth-order valence-electron chi connectivity index (χ4n) is 9.60. The van der Waals surface area contributed by atoms with Crippen LogP contribution < -0.4 is 4.90 Å². The van der Waals surface area contributed by atoms with Crippen LogP contribution in [0.1, 0.15) is 5.48 Å². The standard InChI is InChI=1S/C66H45N/c1-2-15-56(16-3-1)66-64-21-9-6-14-52(64)38-45-65(66)55-36-43-59(44-37-55)67(57-39-32-48(33-40-57)46-24-28-53(29-25-46)62-22-10-17-50-12-4-7-19-60(50)62)58-41-34-49(35-42-58)47-26-30-54(31-27-47)63-23-11-18-51-13-5-8-20-61(51)63/h1-45H/i32D,33D,39D,40D. The summed E-state index contributed by atoms with van der Waals surface area (Å²) in [6.45, 7) is 0. The van der Waals surface area contributed by atoms with Gasteiger partial charge < -0.3 is 4.90 Å². The Labute approximate surface area is 397 Å². The van der Waals surface area contributed by atoms with Gasteiger partial charge in [-0.15, -0.1) is 0 Å². The number of hydrogen-bond acceptors (Lipinski definition) is 1. The van der Waals surface area contributed by atoms with Crippen molar-refractivity contribution in [2.75, 3.05) is 4.90 Å². The Morgan fingerprint density at radius 2 is 0.612 bits per heavy atom. The van der Waals surface area contributed by atoms with E-state index in [1.165, 1.54) is 16.3 Å². The van der Waals surface area contributed by atoms with E-state index in [9.17, 15) is 5.48 Å². The summed E-state index contributed by atoms with van der Waals surface area (Å²) in [5.41, 5.74) is 13.3. The average Bonchev–Trinajstić information content (AvgIpc) is 3.44. The highest BCUT2D eigenvalue weighted by Crippen LogP contribution is 2.42. The molecule has 0 radical (unpaired) electrons. The molecule has 0 aliphatic carbocycles. The van der Waals surface area contributed by atoms with E-state index in [-0.39, 0.29) is 35.4 Å². The van der Waals surface area contributed by atoms with Gasteiger partial charge in [-0.05, 0) is 135 Å². The molecule has 0 N–H and O–H groups in total. The second-order valence-electron chi connectivity index (χ2n) is 16.9. The van der Waals surface area contributed by atoms with Crippen molar-refractivity contribution in [3.8, 4) is 66.8 Å². The second kappa shape index (κ2) is 17.3. The first kappa shape index (κ1) is 35.6. The Bertz CT molecular complexity index is 3900. The molecule has 0 aliphatic rings. The zero-order valence-electron chi connectivity index (χ0n) is 40.6. The lowest BCUT2D eigenvalue weighted by Gasteiger charge is -2.26. The van der Waals surface area contributed by atoms with E-state index in [2.05, 4.69) is 182 Å². The summed E-state index contributed by atoms with van der Waals surface area (Å²) in [7, 11) is 0. The third-order valence-corrected chi connectivity index (χ3v) is 13.0. The van der Waals surface area contributed by atoms with Crippen LogP contribution >= 0.6 is 0 Å². The van der Waals surface area contributed by atoms with E-state index in [1.54, 1.807) is 0 Å². The molecule has 0 fully saturated rings. The van der Waals surface area contributed by atoms with E-state index in [1.807, 2.05) is 71.6 Å². The van der Waals surface area contributed by atoms with Crippen molar-refractivity contribution in [2.24, 2.45) is 0 Å². The van der Waals surface area contributed by atoms with Crippen molar-refractivity contribution < 1.29 is 5.48 Å². The van der Waals surface area contributed by atoms with E-state index in [0.29, 0.717) is 16.9 Å². The topological polar surface area (TPSA) is 3.24 Å². The van der Waals surface area contributed by atoms with Gasteiger partial charge in [-0.2, -0.15) is 0 Å². The summed E-state index contributed by atoms with van der Waals surface area (Å²) in [6.07, 6.45) is 0. The molecule has 12 aromatic rings. The molecule has 1 nitrogen and oxygen atoms in total. The minimum Gasteiger partial charge on any atom is -0.311 e. The van der Waals surface area contributed by atoms with E-state index >= 15 is 0 Å². The minimum atomic E-state index is -0.128. The van der Waals surface area contributed by atoms with Gasteiger partial charge in [0.05, 0.1) is 5.48 Å². The van der Waals surface area contributed by atoms with Gasteiger partial charge >= 0.3 is 0 Å². The molecule has 12 aromatic carbocycles. The number of anilines is 3. The number of fused-ring (bicyclic) bond motifs is 3. The van der Waals surface area contributed by atoms with Crippen LogP contribution in [0, 0.1) is 0 Å². The summed E-state index contributed by atoms with van der Waals surface area (Å²) >= 11 is 0. The maximum Gasteiger partial charge on any atom is 0.0645 e. The first-order valence-electron chi connectivity index (χ1n) is 24.7. The third kappa shape index (κ3) is 7.63. The predicted octanol–water partition coefficient (Wildman–Crippen LogP) is 18.6. The lowest BCUT2D eigenvalue weighted by atomic mass is 9.90. The summed E-state index contributed by atoms with van der Waals surface area (Å²) in [5, 5.41) is 7.03. The van der Waals surface area contributed by atoms with Gasteiger partial charge in [0.15, 0.2) is 0 Å². The first-order valence-corrected chi connectivity index (χ1v) is 22.7. The molecule has 0 aromatic heterocycles. The average molecular weight is 856 g/mol. The van der Waals surface area contributed by atoms with Crippen LogP contribution in [0.5, 0.6) is 0 Å². The van der Waals surface area contributed by atoms with Crippen molar-refractivity contribution >= 4 is 49.4 Å². The fraction of sp³-hybridized carbons (Fsp3) is 0. The summed E-state index contributed by atoms with van der Waals surface area (Å²) in [6, 6.07) is 85.0. The van der Waals surface area contributed by atoms with Crippen LogP contribution in [-0.2, 0) is 0 Å². The number of nitrogens with zero attached hydrogens (tertiary/aromatic N) is 1. The van der Waals surface area contributed by atoms with Crippen LogP contribution in [0.3, 0.4) is 0 Å². The Balaban J connectivity index is 0.949. The van der Waals surface area contributed by atoms with Crippen molar-refractivity contribution in [1.29, 1.82) is 0 Å². The Kier molecular flexibility index (Phi) is 9.19. The number of rotatable bonds is 9. The normalized spacial score (nSPS) is 12.1. The molecule has 0 saturated carbocycles. The molecule has 0 spiro atoms. The van der Waals surface area contributed by atoms with E-state index in [0.717, 1.165) is 71.6 Å². The van der Waals surface area contributed by atoms with Crippen LogP contribution in [0.25, 0.3) is 99.1 Å². The monoisotopic (exact) mass is 855 g/mol. The molecule has 1 heteroatoms. The molecular formula is C66H45N. The molecule has 12 rings (SSSR count). The van der Waals surface area contributed by atoms with E-state index < -0.39 is 0 Å². The minimum absolute atomic E-state index is 0.105. The Hall–Kier alpha value is -8.78. The maximum absolute atomic E-state index is 9.68. The number of hydrogen-bond donors (Lipinski definition) is 0. The van der Waals surface area contributed by atoms with Gasteiger partial charge in [-0.25, -0.2) is 0 Å². The maximum atomic E-state index is 9.68. The first-order chi connectivity index (χ1) is 34.9. The zero-order chi connectivity index (χ0) is 48.0. The van der Waals surface area contributed by atoms with Crippen molar-refractivity contribution in [2.45, 2.75) is 0 Å². The van der Waals surface area contributed by atoms with Crippen LogP contribution in [0.4, 0.5) is 17.1 Å². The number of benzene rings is 12. The highest BCUT2D eigenvalue weighted by molar-refractivity contribution is 6.04. The van der Waals surface area contributed by atoms with Gasteiger partial charge in [0, 0.05) is 17.1 Å². The Morgan fingerprint density at radius 3 is 1.15 bits per heavy atom. The van der Waals surface area contributed by atoms with Crippen molar-refractivity contribution in [1.82, 2.24) is 0 Å². The molecule has 0 unspecified atom stereocenters. The molecule has 0 heterocycles. The highest BCUT2D eigenvalue weighted by atomic mass is 15.1. The molecule has 0 amide bonds. The van der Waals surface area contributed by atoms with E-state index in [4.69, 9.17) is 0 Å². The largest absolute Gasteiger partial charge is 0.311 e. The summed E-state index contributed by atoms with van der Waals surface area (Å²) < 4.78 is 38.4. The molecular weight excluding hydrogens is 807 g/mol. The second-order valence-corrected chi connectivity index (χ2v) is 16.9. The van der Waals surface area contributed by atoms with Crippen molar-refractivity contribution in [3.05, 3.63) is 273 Å². The molecule has 0 saturated heterocycles. The SMILES string of the molecule is [2H]c1c([2H])c(N(c2ccc(-c3ccc(-c4cccc5ccccc45)cc3)cc2)c2ccc(-c3ccc4ccccc4c3-c3ccccc3)cc2)c([2H])c([2H])c1-c1ccc(-c2cccc3ccccc23)cc1. The summed E-state index contributed by atoms with van der Waals surface area (Å²) in [5.74, 6) is 0. The zero-order valence-corrected chi connectivity index (χ0v) is 36.6.